The maximum atomic E-state index is 4.40. The molecule has 0 aliphatic carbocycles. The third-order valence-electron chi connectivity index (χ3n) is 3.00. The second-order valence-corrected chi connectivity index (χ2v) is 4.96. The van der Waals surface area contributed by atoms with Crippen molar-refractivity contribution < 1.29 is 0 Å². The predicted molar refractivity (Wildman–Crippen MR) is 78.0 cm³/mol. The molecule has 0 fully saturated rings. The average molecular weight is 258 g/mol. The van der Waals surface area contributed by atoms with Gasteiger partial charge in [0, 0.05) is 29.2 Å². The van der Waals surface area contributed by atoms with Crippen LogP contribution in [0.25, 0.3) is 0 Å². The molecule has 1 heterocycles. The summed E-state index contributed by atoms with van der Waals surface area (Å²) in [6, 6.07) is 14.9. The fourth-order valence-corrected chi connectivity index (χ4v) is 2.71. The standard InChI is InChI=1S/C15H18N2S/c1-16-14(11-12-7-5-6-10-17-12)13-8-3-4-9-15(13)18-2/h3-10,14,16H,11H2,1-2H3. The van der Waals surface area contributed by atoms with E-state index in [9.17, 15) is 0 Å². The smallest absolute Gasteiger partial charge is 0.0422 e. The summed E-state index contributed by atoms with van der Waals surface area (Å²) < 4.78 is 0. The third kappa shape index (κ3) is 3.12. The lowest BCUT2D eigenvalue weighted by Crippen LogP contribution is -2.20. The Morgan fingerprint density at radius 2 is 1.94 bits per heavy atom. The van der Waals surface area contributed by atoms with Gasteiger partial charge in [-0.1, -0.05) is 24.3 Å². The van der Waals surface area contributed by atoms with Crippen molar-refractivity contribution >= 4 is 11.8 Å². The van der Waals surface area contributed by atoms with Crippen LogP contribution in [-0.2, 0) is 6.42 Å². The Balaban J connectivity index is 2.23. The molecule has 1 N–H and O–H groups in total. The maximum Gasteiger partial charge on any atom is 0.0422 e. The Hall–Kier alpha value is -1.32. The van der Waals surface area contributed by atoms with E-state index in [1.54, 1.807) is 11.8 Å². The summed E-state index contributed by atoms with van der Waals surface area (Å²) in [5, 5.41) is 3.39. The van der Waals surface area contributed by atoms with Crippen molar-refractivity contribution in [2.24, 2.45) is 0 Å². The summed E-state index contributed by atoms with van der Waals surface area (Å²) >= 11 is 1.79. The topological polar surface area (TPSA) is 24.9 Å². The number of thioether (sulfide) groups is 1. The van der Waals surface area contributed by atoms with E-state index >= 15 is 0 Å². The van der Waals surface area contributed by atoms with Gasteiger partial charge in [0.1, 0.15) is 0 Å². The molecule has 0 saturated carbocycles. The summed E-state index contributed by atoms with van der Waals surface area (Å²) in [7, 11) is 2.00. The second kappa shape index (κ2) is 6.57. The SMILES string of the molecule is CNC(Cc1ccccn1)c1ccccc1SC. The van der Waals surface area contributed by atoms with Crippen LogP contribution < -0.4 is 5.32 Å². The van der Waals surface area contributed by atoms with Gasteiger partial charge in [0.15, 0.2) is 0 Å². The van der Waals surface area contributed by atoms with Crippen LogP contribution in [0.1, 0.15) is 17.3 Å². The predicted octanol–water partition coefficient (Wildman–Crippen LogP) is 3.31. The highest BCUT2D eigenvalue weighted by molar-refractivity contribution is 7.98. The minimum Gasteiger partial charge on any atom is -0.313 e. The molecule has 3 heteroatoms. The van der Waals surface area contributed by atoms with Crippen molar-refractivity contribution in [1.29, 1.82) is 0 Å². The van der Waals surface area contributed by atoms with Gasteiger partial charge in [-0.3, -0.25) is 4.98 Å². The lowest BCUT2D eigenvalue weighted by molar-refractivity contribution is 0.575. The molecule has 0 aliphatic rings. The van der Waals surface area contributed by atoms with Crippen LogP contribution in [0.3, 0.4) is 0 Å². The van der Waals surface area contributed by atoms with Crippen LogP contribution in [0, 0.1) is 0 Å². The van der Waals surface area contributed by atoms with E-state index in [1.165, 1.54) is 10.5 Å². The third-order valence-corrected chi connectivity index (χ3v) is 3.81. The number of nitrogens with one attached hydrogen (secondary N) is 1. The molecule has 2 aromatic rings. The first-order valence-electron chi connectivity index (χ1n) is 6.05. The molecule has 0 amide bonds. The van der Waals surface area contributed by atoms with E-state index < -0.39 is 0 Å². The first-order valence-corrected chi connectivity index (χ1v) is 7.27. The highest BCUT2D eigenvalue weighted by Crippen LogP contribution is 2.27. The van der Waals surface area contributed by atoms with Gasteiger partial charge in [-0.15, -0.1) is 11.8 Å². The molecule has 1 aromatic carbocycles. The van der Waals surface area contributed by atoms with Crippen LogP contribution >= 0.6 is 11.8 Å². The molecule has 1 unspecified atom stereocenters. The van der Waals surface area contributed by atoms with Gasteiger partial charge in [-0.2, -0.15) is 0 Å². The van der Waals surface area contributed by atoms with Crippen molar-refractivity contribution in [3.63, 3.8) is 0 Å². The molecule has 1 atom stereocenters. The molecular formula is C15H18N2S. The number of aromatic nitrogens is 1. The van der Waals surface area contributed by atoms with Crippen LogP contribution in [0.15, 0.2) is 53.6 Å². The molecule has 0 aliphatic heterocycles. The number of pyridine rings is 1. The molecule has 1 aromatic heterocycles. The van der Waals surface area contributed by atoms with Crippen molar-refractivity contribution in [3.05, 3.63) is 59.9 Å². The number of hydrogen-bond acceptors (Lipinski definition) is 3. The first-order chi connectivity index (χ1) is 8.85. The van der Waals surface area contributed by atoms with Crippen LogP contribution in [0.4, 0.5) is 0 Å². The molecular weight excluding hydrogens is 240 g/mol. The minimum atomic E-state index is 0.309. The summed E-state index contributed by atoms with van der Waals surface area (Å²) in [5.41, 5.74) is 2.46. The Labute approximate surface area is 113 Å². The normalized spacial score (nSPS) is 12.3. The van der Waals surface area contributed by atoms with E-state index in [2.05, 4.69) is 46.9 Å². The maximum absolute atomic E-state index is 4.40. The van der Waals surface area contributed by atoms with Crippen LogP contribution in [-0.4, -0.2) is 18.3 Å². The van der Waals surface area contributed by atoms with E-state index in [0.717, 1.165) is 12.1 Å². The van der Waals surface area contributed by atoms with Gasteiger partial charge in [-0.25, -0.2) is 0 Å². The quantitative estimate of drug-likeness (QED) is 0.833. The molecule has 0 radical (unpaired) electrons. The van der Waals surface area contributed by atoms with Gasteiger partial charge in [0.05, 0.1) is 0 Å². The van der Waals surface area contributed by atoms with Gasteiger partial charge < -0.3 is 5.32 Å². The fourth-order valence-electron chi connectivity index (χ4n) is 2.05. The van der Waals surface area contributed by atoms with Gasteiger partial charge in [-0.05, 0) is 37.1 Å². The van der Waals surface area contributed by atoms with Crippen molar-refractivity contribution in [1.82, 2.24) is 10.3 Å². The monoisotopic (exact) mass is 258 g/mol. The lowest BCUT2D eigenvalue weighted by atomic mass is 10.0. The van der Waals surface area contributed by atoms with Gasteiger partial charge in [0.2, 0.25) is 0 Å². The largest absolute Gasteiger partial charge is 0.313 e. The zero-order valence-electron chi connectivity index (χ0n) is 10.8. The summed E-state index contributed by atoms with van der Waals surface area (Å²) in [5.74, 6) is 0. The van der Waals surface area contributed by atoms with Crippen LogP contribution in [0.5, 0.6) is 0 Å². The molecule has 2 rings (SSSR count). The number of likely N-dealkylation sites (N-methyl/N-ethyl adjacent to an activating group) is 1. The molecule has 94 valence electrons. The van der Waals surface area contributed by atoms with Crippen molar-refractivity contribution in [2.75, 3.05) is 13.3 Å². The number of rotatable bonds is 5. The zero-order chi connectivity index (χ0) is 12.8. The van der Waals surface area contributed by atoms with Crippen molar-refractivity contribution in [2.45, 2.75) is 17.4 Å². The van der Waals surface area contributed by atoms with E-state index in [4.69, 9.17) is 0 Å². The van der Waals surface area contributed by atoms with E-state index in [1.807, 2.05) is 25.4 Å². The second-order valence-electron chi connectivity index (χ2n) is 4.11. The summed E-state index contributed by atoms with van der Waals surface area (Å²) in [6.45, 7) is 0. The molecule has 2 nitrogen and oxygen atoms in total. The van der Waals surface area contributed by atoms with Crippen molar-refractivity contribution in [3.8, 4) is 0 Å². The first kappa shape index (κ1) is 13.1. The molecule has 0 saturated heterocycles. The fraction of sp³-hybridized carbons (Fsp3) is 0.267. The average Bonchev–Trinajstić information content (AvgIpc) is 2.46. The van der Waals surface area contributed by atoms with Crippen LogP contribution in [0.2, 0.25) is 0 Å². The number of nitrogens with zero attached hydrogens (tertiary/aromatic N) is 1. The minimum absolute atomic E-state index is 0.309. The highest BCUT2D eigenvalue weighted by Gasteiger charge is 2.13. The van der Waals surface area contributed by atoms with Gasteiger partial charge in [0.25, 0.3) is 0 Å². The number of benzene rings is 1. The lowest BCUT2D eigenvalue weighted by Gasteiger charge is -2.19. The summed E-state index contributed by atoms with van der Waals surface area (Å²) in [6.07, 6.45) is 4.88. The zero-order valence-corrected chi connectivity index (χ0v) is 11.6. The molecule has 18 heavy (non-hydrogen) atoms. The molecule has 0 spiro atoms. The Bertz CT molecular complexity index is 485. The number of hydrogen-bond donors (Lipinski definition) is 1. The Kier molecular flexibility index (Phi) is 4.79. The van der Waals surface area contributed by atoms with E-state index in [0.29, 0.717) is 6.04 Å². The Morgan fingerprint density at radius 3 is 2.61 bits per heavy atom. The Morgan fingerprint density at radius 1 is 1.17 bits per heavy atom. The highest BCUT2D eigenvalue weighted by atomic mass is 32.2. The van der Waals surface area contributed by atoms with E-state index in [-0.39, 0.29) is 0 Å². The molecule has 0 bridgehead atoms. The summed E-state index contributed by atoms with van der Waals surface area (Å²) in [4.78, 5) is 5.73. The van der Waals surface area contributed by atoms with Gasteiger partial charge >= 0.3 is 0 Å².